The van der Waals surface area contributed by atoms with E-state index in [4.69, 9.17) is 5.73 Å². The lowest BCUT2D eigenvalue weighted by Gasteiger charge is -2.17. The third kappa shape index (κ3) is 2.55. The van der Waals surface area contributed by atoms with E-state index in [1.165, 1.54) is 43.6 Å². The first-order chi connectivity index (χ1) is 8.20. The molecule has 3 nitrogen and oxygen atoms in total. The van der Waals surface area contributed by atoms with Crippen LogP contribution in [0.15, 0.2) is 18.2 Å². The van der Waals surface area contributed by atoms with E-state index in [1.807, 2.05) is 12.1 Å². The maximum absolute atomic E-state index is 5.87. The van der Waals surface area contributed by atoms with Gasteiger partial charge in [0, 0.05) is 36.5 Å². The van der Waals surface area contributed by atoms with Crippen molar-refractivity contribution in [1.82, 2.24) is 4.90 Å². The number of aryl methyl sites for hydroxylation is 1. The van der Waals surface area contributed by atoms with Gasteiger partial charge in [0.1, 0.15) is 0 Å². The van der Waals surface area contributed by atoms with Gasteiger partial charge in [0.25, 0.3) is 0 Å². The van der Waals surface area contributed by atoms with Gasteiger partial charge >= 0.3 is 0 Å². The van der Waals surface area contributed by atoms with Gasteiger partial charge in [-0.15, -0.1) is 0 Å². The van der Waals surface area contributed by atoms with Crippen molar-refractivity contribution in [2.24, 2.45) is 0 Å². The zero-order chi connectivity index (χ0) is 11.8. The minimum atomic E-state index is 0.594. The van der Waals surface area contributed by atoms with Crippen LogP contribution < -0.4 is 11.1 Å². The second-order valence-electron chi connectivity index (χ2n) is 5.49. The average Bonchev–Trinajstić information content (AvgIpc) is 2.99. The van der Waals surface area contributed by atoms with E-state index in [-0.39, 0.29) is 0 Å². The Morgan fingerprint density at radius 2 is 2.06 bits per heavy atom. The maximum atomic E-state index is 5.87. The van der Waals surface area contributed by atoms with Crippen LogP contribution >= 0.6 is 0 Å². The number of hydrogen-bond acceptors (Lipinski definition) is 3. The van der Waals surface area contributed by atoms with Gasteiger partial charge in [0.15, 0.2) is 0 Å². The maximum Gasteiger partial charge on any atom is 0.0400 e. The SMILES string of the molecule is Cc1cc(N)cc(NC2CCN(C3CC3)C2)c1. The number of rotatable bonds is 3. The van der Waals surface area contributed by atoms with E-state index in [1.54, 1.807) is 0 Å². The third-order valence-electron chi connectivity index (χ3n) is 3.75. The van der Waals surface area contributed by atoms with Gasteiger partial charge in [-0.25, -0.2) is 0 Å². The summed E-state index contributed by atoms with van der Waals surface area (Å²) in [5.41, 5.74) is 9.12. The summed E-state index contributed by atoms with van der Waals surface area (Å²) in [6.45, 7) is 4.54. The van der Waals surface area contributed by atoms with Crippen molar-refractivity contribution in [1.29, 1.82) is 0 Å². The molecule has 0 radical (unpaired) electrons. The zero-order valence-electron chi connectivity index (χ0n) is 10.4. The number of nitrogen functional groups attached to an aromatic ring is 1. The molecule has 3 rings (SSSR count). The molecular weight excluding hydrogens is 210 g/mol. The van der Waals surface area contributed by atoms with Crippen molar-refractivity contribution < 1.29 is 0 Å². The quantitative estimate of drug-likeness (QED) is 0.784. The number of nitrogens with one attached hydrogen (secondary N) is 1. The summed E-state index contributed by atoms with van der Waals surface area (Å²) in [5, 5.41) is 3.61. The Kier molecular flexibility index (Phi) is 2.71. The van der Waals surface area contributed by atoms with E-state index in [0.717, 1.165) is 11.7 Å². The van der Waals surface area contributed by atoms with Gasteiger partial charge in [-0.05, 0) is 49.9 Å². The van der Waals surface area contributed by atoms with E-state index < -0.39 is 0 Å². The fraction of sp³-hybridized carbons (Fsp3) is 0.571. The smallest absolute Gasteiger partial charge is 0.0400 e. The highest BCUT2D eigenvalue weighted by Gasteiger charge is 2.34. The summed E-state index contributed by atoms with van der Waals surface area (Å²) < 4.78 is 0. The summed E-state index contributed by atoms with van der Waals surface area (Å²) in [4.78, 5) is 2.62. The molecule has 1 unspecified atom stereocenters. The molecule has 1 aliphatic carbocycles. The predicted octanol–water partition coefficient (Wildman–Crippen LogP) is 2.23. The lowest BCUT2D eigenvalue weighted by molar-refractivity contribution is 0.326. The molecule has 1 saturated heterocycles. The summed E-state index contributed by atoms with van der Waals surface area (Å²) in [6.07, 6.45) is 4.07. The van der Waals surface area contributed by atoms with Crippen LogP contribution in [0.1, 0.15) is 24.8 Å². The largest absolute Gasteiger partial charge is 0.399 e. The van der Waals surface area contributed by atoms with Crippen LogP contribution in [-0.4, -0.2) is 30.1 Å². The minimum absolute atomic E-state index is 0.594. The molecule has 92 valence electrons. The van der Waals surface area contributed by atoms with Crippen LogP contribution in [0.5, 0.6) is 0 Å². The highest BCUT2D eigenvalue weighted by Crippen LogP contribution is 2.30. The Balaban J connectivity index is 1.62. The molecule has 2 aliphatic rings. The zero-order valence-corrected chi connectivity index (χ0v) is 10.4. The molecule has 1 saturated carbocycles. The molecule has 0 spiro atoms. The normalized spacial score (nSPS) is 25.1. The Morgan fingerprint density at radius 1 is 1.24 bits per heavy atom. The molecule has 1 aromatic rings. The van der Waals surface area contributed by atoms with Gasteiger partial charge in [-0.3, -0.25) is 4.90 Å². The molecule has 1 aliphatic heterocycles. The fourth-order valence-corrected chi connectivity index (χ4v) is 2.81. The molecule has 2 fully saturated rings. The van der Waals surface area contributed by atoms with Crippen molar-refractivity contribution in [3.05, 3.63) is 23.8 Å². The van der Waals surface area contributed by atoms with Crippen LogP contribution in [0.25, 0.3) is 0 Å². The number of nitrogens with zero attached hydrogens (tertiary/aromatic N) is 1. The summed E-state index contributed by atoms with van der Waals surface area (Å²) in [7, 11) is 0. The van der Waals surface area contributed by atoms with Gasteiger partial charge in [0.05, 0.1) is 0 Å². The van der Waals surface area contributed by atoms with E-state index >= 15 is 0 Å². The summed E-state index contributed by atoms with van der Waals surface area (Å²) in [6, 6.07) is 7.71. The van der Waals surface area contributed by atoms with Crippen LogP contribution in [0.2, 0.25) is 0 Å². The number of hydrogen-bond donors (Lipinski definition) is 2. The topological polar surface area (TPSA) is 41.3 Å². The predicted molar refractivity (Wildman–Crippen MR) is 72.2 cm³/mol. The van der Waals surface area contributed by atoms with Crippen molar-refractivity contribution in [3.63, 3.8) is 0 Å². The average molecular weight is 231 g/mol. The first-order valence-electron chi connectivity index (χ1n) is 6.58. The van der Waals surface area contributed by atoms with Crippen LogP contribution in [0.4, 0.5) is 11.4 Å². The number of nitrogens with two attached hydrogens (primary N) is 1. The summed E-state index contributed by atoms with van der Waals surface area (Å²) in [5.74, 6) is 0. The summed E-state index contributed by atoms with van der Waals surface area (Å²) >= 11 is 0. The Hall–Kier alpha value is -1.22. The molecule has 0 bridgehead atoms. The highest BCUT2D eigenvalue weighted by molar-refractivity contribution is 5.57. The monoisotopic (exact) mass is 231 g/mol. The van der Waals surface area contributed by atoms with E-state index in [9.17, 15) is 0 Å². The van der Waals surface area contributed by atoms with Crippen molar-refractivity contribution in [3.8, 4) is 0 Å². The van der Waals surface area contributed by atoms with Crippen LogP contribution in [0, 0.1) is 6.92 Å². The fourth-order valence-electron chi connectivity index (χ4n) is 2.81. The standard InChI is InChI=1S/C14H21N3/c1-10-6-11(15)8-13(7-10)16-12-4-5-17(9-12)14-2-3-14/h6-8,12,14,16H,2-5,9,15H2,1H3. The van der Waals surface area contributed by atoms with Gasteiger partial charge in [-0.2, -0.15) is 0 Å². The molecule has 0 aromatic heterocycles. The Labute approximate surface area is 103 Å². The molecule has 17 heavy (non-hydrogen) atoms. The van der Waals surface area contributed by atoms with Gasteiger partial charge < -0.3 is 11.1 Å². The molecule has 3 N–H and O–H groups in total. The van der Waals surface area contributed by atoms with Crippen molar-refractivity contribution >= 4 is 11.4 Å². The molecule has 1 atom stereocenters. The highest BCUT2D eigenvalue weighted by atomic mass is 15.2. The molecule has 1 heterocycles. The number of anilines is 2. The second kappa shape index (κ2) is 4.22. The lowest BCUT2D eigenvalue weighted by atomic mass is 10.1. The molecular formula is C14H21N3. The second-order valence-corrected chi connectivity index (χ2v) is 5.49. The van der Waals surface area contributed by atoms with Crippen LogP contribution in [-0.2, 0) is 0 Å². The van der Waals surface area contributed by atoms with Crippen molar-refractivity contribution in [2.45, 2.75) is 38.3 Å². The lowest BCUT2D eigenvalue weighted by Crippen LogP contribution is -2.27. The molecule has 0 amide bonds. The van der Waals surface area contributed by atoms with E-state index in [0.29, 0.717) is 6.04 Å². The van der Waals surface area contributed by atoms with Crippen molar-refractivity contribution in [2.75, 3.05) is 24.1 Å². The number of benzene rings is 1. The van der Waals surface area contributed by atoms with E-state index in [2.05, 4.69) is 23.2 Å². The Bertz CT molecular complexity index is 392. The molecule has 1 aromatic carbocycles. The first-order valence-corrected chi connectivity index (χ1v) is 6.58. The van der Waals surface area contributed by atoms with Gasteiger partial charge in [-0.1, -0.05) is 0 Å². The van der Waals surface area contributed by atoms with Crippen LogP contribution in [0.3, 0.4) is 0 Å². The first kappa shape index (κ1) is 10.9. The number of likely N-dealkylation sites (tertiary alicyclic amines) is 1. The minimum Gasteiger partial charge on any atom is -0.399 e. The Morgan fingerprint density at radius 3 is 2.76 bits per heavy atom. The van der Waals surface area contributed by atoms with Gasteiger partial charge in [0.2, 0.25) is 0 Å². The third-order valence-corrected chi connectivity index (χ3v) is 3.75. The molecule has 3 heteroatoms.